The van der Waals surface area contributed by atoms with Gasteiger partial charge < -0.3 is 29.2 Å². The van der Waals surface area contributed by atoms with Gasteiger partial charge in [-0.05, 0) is 110 Å². The largest absolute Gasteiger partial charge is 0.494 e. The Morgan fingerprint density at radius 3 is 2.49 bits per heavy atom. The summed E-state index contributed by atoms with van der Waals surface area (Å²) in [4.78, 5) is 30.2. The van der Waals surface area contributed by atoms with E-state index in [9.17, 15) is 4.79 Å². The first-order valence-corrected chi connectivity index (χ1v) is 17.2. The van der Waals surface area contributed by atoms with Gasteiger partial charge in [0.2, 0.25) is 0 Å². The minimum absolute atomic E-state index is 0.00275. The highest BCUT2D eigenvalue weighted by Crippen LogP contribution is 2.40. The van der Waals surface area contributed by atoms with E-state index in [0.29, 0.717) is 29.8 Å². The topological polar surface area (TPSA) is 113 Å². The number of amides is 1. The summed E-state index contributed by atoms with van der Waals surface area (Å²) < 4.78 is 16.3. The molecule has 10 nitrogen and oxygen atoms in total. The van der Waals surface area contributed by atoms with Gasteiger partial charge in [0.25, 0.3) is 5.91 Å². The normalized spacial score (nSPS) is 20.1. The maximum Gasteiger partial charge on any atom is 0.254 e. The summed E-state index contributed by atoms with van der Waals surface area (Å²) in [5, 5.41) is 1.06. The van der Waals surface area contributed by atoms with Crippen LogP contribution in [0.3, 0.4) is 0 Å². The highest BCUT2D eigenvalue weighted by molar-refractivity contribution is 6.00. The van der Waals surface area contributed by atoms with Gasteiger partial charge in [-0.25, -0.2) is 9.97 Å². The summed E-state index contributed by atoms with van der Waals surface area (Å²) in [6.45, 7) is 2.08. The van der Waals surface area contributed by atoms with Crippen LogP contribution in [0.25, 0.3) is 44.8 Å². The second-order valence-electron chi connectivity index (χ2n) is 13.8. The molecule has 2 aliphatic carbocycles. The first-order chi connectivity index (χ1) is 23.9. The van der Waals surface area contributed by atoms with Gasteiger partial charge in [-0.2, -0.15) is 0 Å². The van der Waals surface area contributed by atoms with Crippen molar-refractivity contribution >= 4 is 28.0 Å². The Morgan fingerprint density at radius 2 is 1.78 bits per heavy atom. The summed E-state index contributed by atoms with van der Waals surface area (Å²) in [6.07, 6.45) is 8.04. The number of carbonyl (C=O) groups excluding carboxylic acids is 1. The molecule has 1 saturated heterocycles. The van der Waals surface area contributed by atoms with E-state index >= 15 is 0 Å². The van der Waals surface area contributed by atoms with Crippen molar-refractivity contribution in [1.29, 1.82) is 0 Å². The fourth-order valence-electron chi connectivity index (χ4n) is 7.85. The number of aromatic nitrogens is 5. The molecule has 2 saturated carbocycles. The van der Waals surface area contributed by atoms with Gasteiger partial charge in [0, 0.05) is 61.1 Å². The van der Waals surface area contributed by atoms with Crippen LogP contribution in [0.15, 0.2) is 79.1 Å². The number of fused-ring (bicyclic) bond motifs is 4. The predicted octanol–water partition coefficient (Wildman–Crippen LogP) is 6.21. The molecule has 3 fully saturated rings. The van der Waals surface area contributed by atoms with Crippen LogP contribution >= 0.6 is 0 Å². The Labute approximate surface area is 284 Å². The summed E-state index contributed by atoms with van der Waals surface area (Å²) in [5.41, 5.74) is 13.6. The molecule has 1 aliphatic heterocycles. The zero-order chi connectivity index (χ0) is 33.2. The number of piperidine rings is 1. The maximum atomic E-state index is 13.8. The van der Waals surface area contributed by atoms with E-state index in [2.05, 4.69) is 44.5 Å². The summed E-state index contributed by atoms with van der Waals surface area (Å²) in [5.74, 6) is 3.26. The minimum Gasteiger partial charge on any atom is -0.494 e. The first kappa shape index (κ1) is 29.9. The van der Waals surface area contributed by atoms with Crippen molar-refractivity contribution in [2.45, 2.75) is 50.9 Å². The van der Waals surface area contributed by atoms with Crippen molar-refractivity contribution < 1.29 is 14.3 Å². The summed E-state index contributed by atoms with van der Waals surface area (Å²) in [6, 6.07) is 22.4. The molecule has 248 valence electrons. The number of benzene rings is 2. The van der Waals surface area contributed by atoms with Crippen LogP contribution in [0.2, 0.25) is 0 Å². The van der Waals surface area contributed by atoms with Gasteiger partial charge in [-0.3, -0.25) is 9.78 Å². The van der Waals surface area contributed by atoms with E-state index in [1.165, 1.54) is 12.8 Å². The molecule has 0 spiro atoms. The zero-order valence-corrected chi connectivity index (χ0v) is 27.8. The Morgan fingerprint density at radius 1 is 0.959 bits per heavy atom. The predicted molar refractivity (Wildman–Crippen MR) is 188 cm³/mol. The number of hydrogen-bond acceptors (Lipinski definition) is 7. The second kappa shape index (κ2) is 11.7. The summed E-state index contributed by atoms with van der Waals surface area (Å²) >= 11 is 0. The fraction of sp³-hybridized carbons (Fsp3) is 0.333. The number of likely N-dealkylation sites (tertiary alicyclic amines) is 1. The lowest BCUT2D eigenvalue weighted by molar-refractivity contribution is 0.0700. The van der Waals surface area contributed by atoms with E-state index in [-0.39, 0.29) is 18.0 Å². The molecule has 3 atom stereocenters. The van der Waals surface area contributed by atoms with Crippen molar-refractivity contribution in [3.63, 3.8) is 0 Å². The average Bonchev–Trinajstić information content (AvgIpc) is 3.54. The minimum atomic E-state index is 0.00275. The van der Waals surface area contributed by atoms with Gasteiger partial charge in [0.1, 0.15) is 29.3 Å². The van der Waals surface area contributed by atoms with E-state index in [1.807, 2.05) is 48.3 Å². The highest BCUT2D eigenvalue weighted by atomic mass is 16.5. The third-order valence-electron chi connectivity index (χ3n) is 10.7. The van der Waals surface area contributed by atoms with Crippen molar-refractivity contribution in [2.24, 2.45) is 24.6 Å². The molecule has 2 aromatic carbocycles. The van der Waals surface area contributed by atoms with Crippen LogP contribution in [0, 0.1) is 11.8 Å². The van der Waals surface area contributed by atoms with Crippen LogP contribution in [0.4, 0.5) is 0 Å². The monoisotopic (exact) mass is 653 g/mol. The number of pyridine rings is 2. The van der Waals surface area contributed by atoms with Crippen LogP contribution in [-0.2, 0) is 20.2 Å². The standard InChI is InChI=1S/C39H39N7O3/c1-44-36-31(17-28(19-34(36)48-2)39(47)46-21-27-8-12-32(46)35(27)40)43-38(44)33-18-26-7-11-30(42-37(26)45(33)20-23-3-4-23)25-5-9-29(10-6-25)49-22-24-13-15-41-16-14-24/h5-7,9-11,13-19,23,27,32,35H,3-4,8,12,20-22,40H2,1-2H3/t27?,32?,35-/m1/s1. The molecule has 2 N–H and O–H groups in total. The van der Waals surface area contributed by atoms with Gasteiger partial charge in [0.15, 0.2) is 5.82 Å². The van der Waals surface area contributed by atoms with Crippen molar-refractivity contribution in [2.75, 3.05) is 13.7 Å². The Kier molecular flexibility index (Phi) is 7.16. The van der Waals surface area contributed by atoms with Crippen LogP contribution in [0.5, 0.6) is 11.5 Å². The number of methoxy groups -OCH3 is 1. The molecule has 6 aromatic rings. The third kappa shape index (κ3) is 5.22. The molecule has 5 heterocycles. The molecular formula is C39H39N7O3. The van der Waals surface area contributed by atoms with Gasteiger partial charge in [-0.15, -0.1) is 0 Å². The number of hydrogen-bond donors (Lipinski definition) is 1. The third-order valence-corrected chi connectivity index (χ3v) is 10.7. The van der Waals surface area contributed by atoms with Crippen molar-refractivity contribution in [3.8, 4) is 34.3 Å². The molecule has 49 heavy (non-hydrogen) atoms. The molecule has 9 rings (SSSR count). The number of aryl methyl sites for hydroxylation is 1. The maximum absolute atomic E-state index is 13.8. The van der Waals surface area contributed by atoms with Gasteiger partial charge in [0.05, 0.1) is 24.0 Å². The number of rotatable bonds is 9. The molecule has 2 bridgehead atoms. The number of ether oxygens (including phenoxy) is 2. The lowest BCUT2D eigenvalue weighted by Crippen LogP contribution is -2.41. The van der Waals surface area contributed by atoms with Crippen molar-refractivity contribution in [1.82, 2.24) is 29.0 Å². The fourth-order valence-corrected chi connectivity index (χ4v) is 7.85. The van der Waals surface area contributed by atoms with Crippen molar-refractivity contribution in [3.05, 3.63) is 90.3 Å². The Balaban J connectivity index is 1.06. The summed E-state index contributed by atoms with van der Waals surface area (Å²) in [7, 11) is 3.67. The molecule has 4 aromatic heterocycles. The number of nitrogens with zero attached hydrogens (tertiary/aromatic N) is 6. The first-order valence-electron chi connectivity index (χ1n) is 17.2. The molecule has 10 heteroatoms. The Bertz CT molecular complexity index is 2200. The quantitative estimate of drug-likeness (QED) is 0.197. The average molecular weight is 654 g/mol. The lowest BCUT2D eigenvalue weighted by Gasteiger charge is -2.27. The number of nitrogens with two attached hydrogens (primary N) is 1. The van der Waals surface area contributed by atoms with Crippen LogP contribution in [-0.4, -0.2) is 60.6 Å². The SMILES string of the molecule is COc1cc(C(=O)N2CC3CCC2[C@@H]3N)cc2nc(-c3cc4ccc(-c5ccc(OCc6ccncc6)cc5)nc4n3CC3CC3)n(C)c12. The smallest absolute Gasteiger partial charge is 0.254 e. The van der Waals surface area contributed by atoms with Crippen LogP contribution < -0.4 is 15.2 Å². The van der Waals surface area contributed by atoms with Gasteiger partial charge in [-0.1, -0.05) is 0 Å². The highest BCUT2D eigenvalue weighted by Gasteiger charge is 2.47. The number of imidazole rings is 1. The Hall–Kier alpha value is -5.22. The molecule has 3 aliphatic rings. The molecular weight excluding hydrogens is 614 g/mol. The van der Waals surface area contributed by atoms with E-state index in [0.717, 1.165) is 82.1 Å². The van der Waals surface area contributed by atoms with Gasteiger partial charge >= 0.3 is 0 Å². The number of carbonyl (C=O) groups is 1. The van der Waals surface area contributed by atoms with E-state index in [1.54, 1.807) is 19.5 Å². The molecule has 2 unspecified atom stereocenters. The van der Waals surface area contributed by atoms with Crippen LogP contribution in [0.1, 0.15) is 41.6 Å². The molecule has 1 amide bonds. The second-order valence-corrected chi connectivity index (χ2v) is 13.8. The lowest BCUT2D eigenvalue weighted by atomic mass is 10.1. The zero-order valence-electron chi connectivity index (χ0n) is 27.8. The molecule has 0 radical (unpaired) electrons. The van der Waals surface area contributed by atoms with E-state index < -0.39 is 0 Å². The van der Waals surface area contributed by atoms with E-state index in [4.69, 9.17) is 25.2 Å².